The molecule has 1 aliphatic heterocycles. The van der Waals surface area contributed by atoms with Crippen LogP contribution in [0.1, 0.15) is 27.4 Å². The molecule has 0 bridgehead atoms. The highest BCUT2D eigenvalue weighted by atomic mass is 16.5. The van der Waals surface area contributed by atoms with Crippen LogP contribution < -0.4 is 10.6 Å². The first-order chi connectivity index (χ1) is 9.22. The summed E-state index contributed by atoms with van der Waals surface area (Å²) in [4.78, 5) is 11.9. The molecule has 0 saturated carbocycles. The molecule has 0 atom stereocenters. The van der Waals surface area contributed by atoms with Gasteiger partial charge in [0, 0.05) is 18.3 Å². The molecule has 1 aromatic heterocycles. The van der Waals surface area contributed by atoms with Crippen molar-refractivity contribution in [1.82, 2.24) is 10.5 Å². The van der Waals surface area contributed by atoms with Gasteiger partial charge in [-0.1, -0.05) is 11.2 Å². The van der Waals surface area contributed by atoms with Crippen LogP contribution in [0.25, 0.3) is 0 Å². The highest BCUT2D eigenvalue weighted by Gasteiger charge is 2.13. The number of hydrogen-bond donors (Lipinski definition) is 2. The molecule has 98 valence electrons. The lowest BCUT2D eigenvalue weighted by molar-refractivity contribution is 0.101. The van der Waals surface area contributed by atoms with Gasteiger partial charge in [0.25, 0.3) is 5.91 Å². The maximum absolute atomic E-state index is 11.9. The van der Waals surface area contributed by atoms with Crippen LogP contribution in [-0.4, -0.2) is 17.6 Å². The third kappa shape index (κ3) is 2.51. The molecule has 5 heteroatoms. The number of carbonyl (C=O) groups is 1. The smallest absolute Gasteiger partial charge is 0.277 e. The molecule has 2 N–H and O–H groups in total. The van der Waals surface area contributed by atoms with Crippen LogP contribution >= 0.6 is 0 Å². The number of anilines is 1. The van der Waals surface area contributed by atoms with Crippen LogP contribution in [-0.2, 0) is 13.0 Å². The minimum atomic E-state index is -0.249. The molecule has 2 aromatic rings. The Bertz CT molecular complexity index is 619. The quantitative estimate of drug-likeness (QED) is 0.862. The summed E-state index contributed by atoms with van der Waals surface area (Å²) in [6.07, 6.45) is 1.03. The van der Waals surface area contributed by atoms with E-state index in [2.05, 4.69) is 21.9 Å². The second-order valence-corrected chi connectivity index (χ2v) is 4.69. The number of nitrogens with zero attached hydrogens (tertiary/aromatic N) is 1. The molecular weight excluding hydrogens is 242 g/mol. The molecule has 5 nitrogen and oxygen atoms in total. The van der Waals surface area contributed by atoms with Gasteiger partial charge in [-0.2, -0.15) is 0 Å². The molecule has 0 radical (unpaired) electrons. The van der Waals surface area contributed by atoms with E-state index in [-0.39, 0.29) is 5.91 Å². The topological polar surface area (TPSA) is 67.2 Å². The summed E-state index contributed by atoms with van der Waals surface area (Å²) in [5.41, 5.74) is 3.66. The van der Waals surface area contributed by atoms with E-state index >= 15 is 0 Å². The van der Waals surface area contributed by atoms with Gasteiger partial charge in [-0.3, -0.25) is 4.79 Å². The zero-order chi connectivity index (χ0) is 13.2. The average Bonchev–Trinajstić information content (AvgIpc) is 2.85. The molecule has 0 saturated heterocycles. The number of hydrogen-bond acceptors (Lipinski definition) is 4. The molecule has 2 heterocycles. The molecule has 1 aliphatic rings. The molecule has 1 aromatic carbocycles. The Labute approximate surface area is 111 Å². The van der Waals surface area contributed by atoms with Crippen molar-refractivity contribution < 1.29 is 9.32 Å². The van der Waals surface area contributed by atoms with Crippen molar-refractivity contribution >= 4 is 11.6 Å². The molecule has 0 fully saturated rings. The fourth-order valence-corrected chi connectivity index (χ4v) is 2.23. The predicted molar refractivity (Wildman–Crippen MR) is 71.0 cm³/mol. The van der Waals surface area contributed by atoms with E-state index < -0.39 is 0 Å². The van der Waals surface area contributed by atoms with Crippen molar-refractivity contribution in [3.63, 3.8) is 0 Å². The average molecular weight is 257 g/mol. The second kappa shape index (κ2) is 4.85. The fraction of sp³-hybridized carbons (Fsp3) is 0.286. The number of aromatic nitrogens is 1. The SMILES string of the molecule is Cc1cc(C(=O)Nc2ccc3c(c2)CNCC3)no1. The van der Waals surface area contributed by atoms with Crippen molar-refractivity contribution in [3.05, 3.63) is 46.8 Å². The maximum atomic E-state index is 11.9. The van der Waals surface area contributed by atoms with E-state index in [0.29, 0.717) is 11.5 Å². The van der Waals surface area contributed by atoms with Crippen molar-refractivity contribution in [2.45, 2.75) is 19.9 Å². The van der Waals surface area contributed by atoms with Gasteiger partial charge in [-0.25, -0.2) is 0 Å². The Morgan fingerprint density at radius 2 is 2.26 bits per heavy atom. The van der Waals surface area contributed by atoms with Gasteiger partial charge >= 0.3 is 0 Å². The van der Waals surface area contributed by atoms with Crippen LogP contribution in [0.15, 0.2) is 28.8 Å². The summed E-state index contributed by atoms with van der Waals surface area (Å²) < 4.78 is 4.89. The number of rotatable bonds is 2. The van der Waals surface area contributed by atoms with Crippen molar-refractivity contribution in [2.75, 3.05) is 11.9 Å². The van der Waals surface area contributed by atoms with Crippen LogP contribution in [0.4, 0.5) is 5.69 Å². The number of carbonyl (C=O) groups excluding carboxylic acids is 1. The summed E-state index contributed by atoms with van der Waals surface area (Å²) in [7, 11) is 0. The van der Waals surface area contributed by atoms with Gasteiger partial charge in [0.1, 0.15) is 5.76 Å². The Kier molecular flexibility index (Phi) is 3.05. The predicted octanol–water partition coefficient (Wildman–Crippen LogP) is 1.88. The van der Waals surface area contributed by atoms with E-state index in [4.69, 9.17) is 4.52 Å². The summed E-state index contributed by atoms with van der Waals surface area (Å²) in [5.74, 6) is 0.375. The molecular formula is C14H15N3O2. The molecule has 1 amide bonds. The van der Waals surface area contributed by atoms with Crippen LogP contribution in [0.5, 0.6) is 0 Å². The van der Waals surface area contributed by atoms with E-state index in [1.807, 2.05) is 12.1 Å². The highest BCUT2D eigenvalue weighted by molar-refractivity contribution is 6.02. The standard InChI is InChI=1S/C14H15N3O2/c1-9-6-13(17-19-9)14(18)16-12-3-2-10-4-5-15-8-11(10)7-12/h2-3,6-7,15H,4-5,8H2,1H3,(H,16,18). The van der Waals surface area contributed by atoms with Gasteiger partial charge in [0.15, 0.2) is 5.69 Å². The van der Waals surface area contributed by atoms with Crippen LogP contribution in [0.2, 0.25) is 0 Å². The van der Waals surface area contributed by atoms with Gasteiger partial charge in [-0.05, 0) is 43.1 Å². The van der Waals surface area contributed by atoms with Gasteiger partial charge < -0.3 is 15.2 Å². The Balaban J connectivity index is 1.78. The zero-order valence-corrected chi connectivity index (χ0v) is 10.7. The molecule has 19 heavy (non-hydrogen) atoms. The molecule has 0 aliphatic carbocycles. The molecule has 0 unspecified atom stereocenters. The Morgan fingerprint density at radius 1 is 1.37 bits per heavy atom. The fourth-order valence-electron chi connectivity index (χ4n) is 2.23. The Morgan fingerprint density at radius 3 is 3.05 bits per heavy atom. The summed E-state index contributed by atoms with van der Waals surface area (Å²) in [6.45, 7) is 3.62. The van der Waals surface area contributed by atoms with Crippen molar-refractivity contribution in [1.29, 1.82) is 0 Å². The number of amides is 1. The normalized spacial score (nSPS) is 13.9. The lowest BCUT2D eigenvalue weighted by atomic mass is 10.0. The van der Waals surface area contributed by atoms with Crippen LogP contribution in [0.3, 0.4) is 0 Å². The summed E-state index contributed by atoms with van der Waals surface area (Å²) in [5, 5.41) is 9.85. The maximum Gasteiger partial charge on any atom is 0.277 e. The number of aryl methyl sites for hydroxylation is 1. The third-order valence-electron chi connectivity index (χ3n) is 3.21. The lowest BCUT2D eigenvalue weighted by Crippen LogP contribution is -2.23. The molecule has 3 rings (SSSR count). The van der Waals surface area contributed by atoms with E-state index in [9.17, 15) is 4.79 Å². The third-order valence-corrected chi connectivity index (χ3v) is 3.21. The van der Waals surface area contributed by atoms with Gasteiger partial charge in [0.2, 0.25) is 0 Å². The van der Waals surface area contributed by atoms with Crippen molar-refractivity contribution in [3.8, 4) is 0 Å². The van der Waals surface area contributed by atoms with E-state index in [1.165, 1.54) is 11.1 Å². The first-order valence-electron chi connectivity index (χ1n) is 6.29. The number of nitrogens with one attached hydrogen (secondary N) is 2. The molecule has 0 spiro atoms. The summed E-state index contributed by atoms with van der Waals surface area (Å²) in [6, 6.07) is 7.62. The largest absolute Gasteiger partial charge is 0.361 e. The van der Waals surface area contributed by atoms with Crippen LogP contribution in [0, 0.1) is 6.92 Å². The first kappa shape index (κ1) is 11.9. The minimum absolute atomic E-state index is 0.249. The second-order valence-electron chi connectivity index (χ2n) is 4.69. The number of benzene rings is 1. The minimum Gasteiger partial charge on any atom is -0.361 e. The van der Waals surface area contributed by atoms with Crippen molar-refractivity contribution in [2.24, 2.45) is 0 Å². The number of fused-ring (bicyclic) bond motifs is 1. The summed E-state index contributed by atoms with van der Waals surface area (Å²) >= 11 is 0. The zero-order valence-electron chi connectivity index (χ0n) is 10.7. The van der Waals surface area contributed by atoms with E-state index in [1.54, 1.807) is 13.0 Å². The Hall–Kier alpha value is -2.14. The van der Waals surface area contributed by atoms with E-state index in [0.717, 1.165) is 25.2 Å². The monoisotopic (exact) mass is 257 g/mol. The first-order valence-corrected chi connectivity index (χ1v) is 6.29. The lowest BCUT2D eigenvalue weighted by Gasteiger charge is -2.17. The van der Waals surface area contributed by atoms with Gasteiger partial charge in [-0.15, -0.1) is 0 Å². The highest BCUT2D eigenvalue weighted by Crippen LogP contribution is 2.19. The van der Waals surface area contributed by atoms with Gasteiger partial charge in [0.05, 0.1) is 0 Å².